The van der Waals surface area contributed by atoms with Gasteiger partial charge in [0.2, 0.25) is 6.41 Å². The van der Waals surface area contributed by atoms with Gasteiger partial charge in [-0.3, -0.25) is 4.79 Å². The van der Waals surface area contributed by atoms with Crippen LogP contribution in [-0.2, 0) is 4.79 Å². The molecule has 3 rings (SSSR count). The summed E-state index contributed by atoms with van der Waals surface area (Å²) in [5, 5.41) is 4.04. The van der Waals surface area contributed by atoms with Gasteiger partial charge >= 0.3 is 0 Å². The third-order valence-electron chi connectivity index (χ3n) is 3.84. The highest BCUT2D eigenvalue weighted by Crippen LogP contribution is 2.31. The molecule has 2 aromatic rings. The summed E-state index contributed by atoms with van der Waals surface area (Å²) < 4.78 is 10.6. The number of ether oxygens (including phenoxy) is 1. The number of amides is 1. The highest BCUT2D eigenvalue weighted by atomic mass is 16.5. The van der Waals surface area contributed by atoms with E-state index in [4.69, 9.17) is 9.26 Å². The zero-order chi connectivity index (χ0) is 14.8. The van der Waals surface area contributed by atoms with Crippen LogP contribution in [0.4, 0.5) is 0 Å². The third-order valence-corrected chi connectivity index (χ3v) is 3.84. The molecule has 6 nitrogen and oxygen atoms in total. The van der Waals surface area contributed by atoms with Crippen LogP contribution >= 0.6 is 0 Å². The molecule has 0 spiro atoms. The fourth-order valence-corrected chi connectivity index (χ4v) is 2.63. The van der Waals surface area contributed by atoms with Crippen LogP contribution in [0, 0.1) is 6.92 Å². The van der Waals surface area contributed by atoms with Gasteiger partial charge in [-0.2, -0.15) is 4.98 Å². The zero-order valence-corrected chi connectivity index (χ0v) is 12.1. The summed E-state index contributed by atoms with van der Waals surface area (Å²) in [5.41, 5.74) is 1.88. The average Bonchev–Trinajstić information content (AvgIpc) is 3.16. The molecular weight excluding hydrogens is 270 g/mol. The van der Waals surface area contributed by atoms with Crippen LogP contribution in [0.3, 0.4) is 0 Å². The molecule has 21 heavy (non-hydrogen) atoms. The number of benzene rings is 1. The average molecular weight is 287 g/mol. The number of carbonyl (C=O) groups is 1. The largest absolute Gasteiger partial charge is 0.497 e. The monoisotopic (exact) mass is 287 g/mol. The highest BCUT2D eigenvalue weighted by Gasteiger charge is 2.29. The molecule has 6 heteroatoms. The molecule has 1 aromatic carbocycles. The maximum Gasteiger partial charge on any atom is 0.258 e. The maximum absolute atomic E-state index is 11.0. The number of rotatable bonds is 4. The Hall–Kier alpha value is -2.37. The van der Waals surface area contributed by atoms with Gasteiger partial charge in [-0.05, 0) is 37.5 Å². The predicted octanol–water partition coefficient (Wildman–Crippen LogP) is 2.35. The Labute approximate surface area is 122 Å². The van der Waals surface area contributed by atoms with Crippen LogP contribution in [0.1, 0.15) is 30.3 Å². The molecule has 1 unspecified atom stereocenters. The fourth-order valence-electron chi connectivity index (χ4n) is 2.63. The second-order valence-electron chi connectivity index (χ2n) is 5.14. The van der Waals surface area contributed by atoms with E-state index in [-0.39, 0.29) is 6.04 Å². The minimum absolute atomic E-state index is 0.0779. The van der Waals surface area contributed by atoms with Gasteiger partial charge in [-0.1, -0.05) is 11.2 Å². The summed E-state index contributed by atoms with van der Waals surface area (Å²) in [6, 6.07) is 5.64. The first-order valence-electron chi connectivity index (χ1n) is 6.92. The first kappa shape index (κ1) is 13.6. The van der Waals surface area contributed by atoms with Gasteiger partial charge in [-0.25, -0.2) is 0 Å². The van der Waals surface area contributed by atoms with Crippen molar-refractivity contribution in [1.82, 2.24) is 15.0 Å². The molecule has 1 amide bonds. The molecule has 0 radical (unpaired) electrons. The quantitative estimate of drug-likeness (QED) is 0.807. The van der Waals surface area contributed by atoms with Gasteiger partial charge in [0.1, 0.15) is 5.75 Å². The van der Waals surface area contributed by atoms with Crippen molar-refractivity contribution in [2.45, 2.75) is 25.8 Å². The molecule has 2 heterocycles. The van der Waals surface area contributed by atoms with Crippen LogP contribution in [-0.4, -0.2) is 35.1 Å². The van der Waals surface area contributed by atoms with E-state index >= 15 is 0 Å². The number of carbonyl (C=O) groups excluding carboxylic acids is 1. The molecule has 0 bridgehead atoms. The van der Waals surface area contributed by atoms with Gasteiger partial charge in [0, 0.05) is 12.1 Å². The number of hydrogen-bond donors (Lipinski definition) is 0. The molecule has 1 saturated heterocycles. The van der Waals surface area contributed by atoms with Crippen LogP contribution < -0.4 is 4.74 Å². The molecule has 1 aliphatic rings. The SMILES string of the molecule is COc1ccc(C)c(-c2nc(C3CCCN3C=O)no2)c1. The molecule has 0 N–H and O–H groups in total. The second kappa shape index (κ2) is 5.55. The zero-order valence-electron chi connectivity index (χ0n) is 12.1. The normalized spacial score (nSPS) is 18.0. The molecule has 110 valence electrons. The Morgan fingerprint density at radius 1 is 1.48 bits per heavy atom. The Morgan fingerprint density at radius 2 is 2.33 bits per heavy atom. The summed E-state index contributed by atoms with van der Waals surface area (Å²) in [6.45, 7) is 2.72. The lowest BCUT2D eigenvalue weighted by Crippen LogP contribution is -2.21. The summed E-state index contributed by atoms with van der Waals surface area (Å²) >= 11 is 0. The molecular formula is C15H17N3O3. The van der Waals surface area contributed by atoms with Crippen molar-refractivity contribution in [3.63, 3.8) is 0 Å². The van der Waals surface area contributed by atoms with Crippen LogP contribution in [0.5, 0.6) is 5.75 Å². The van der Waals surface area contributed by atoms with Crippen LogP contribution in [0.2, 0.25) is 0 Å². The lowest BCUT2D eigenvalue weighted by Gasteiger charge is -2.15. The summed E-state index contributed by atoms with van der Waals surface area (Å²) in [6.07, 6.45) is 2.69. The molecule has 0 aliphatic carbocycles. The van der Waals surface area contributed by atoms with Crippen molar-refractivity contribution in [2.24, 2.45) is 0 Å². The molecule has 1 fully saturated rings. The standard InChI is InChI=1S/C15H17N3O3/c1-10-5-6-11(20-2)8-12(10)15-16-14(17-21-15)13-4-3-7-18(13)9-19/h5-6,8-9,13H,3-4,7H2,1-2H3. The number of likely N-dealkylation sites (tertiary alicyclic amines) is 1. The highest BCUT2D eigenvalue weighted by molar-refractivity contribution is 5.60. The predicted molar refractivity (Wildman–Crippen MR) is 75.8 cm³/mol. The van der Waals surface area contributed by atoms with E-state index in [1.807, 2.05) is 25.1 Å². The van der Waals surface area contributed by atoms with E-state index in [2.05, 4.69) is 10.1 Å². The summed E-state index contributed by atoms with van der Waals surface area (Å²) in [7, 11) is 1.62. The van der Waals surface area contributed by atoms with Crippen molar-refractivity contribution in [2.75, 3.05) is 13.7 Å². The van der Waals surface area contributed by atoms with Gasteiger partial charge in [0.15, 0.2) is 5.82 Å². The first-order valence-corrected chi connectivity index (χ1v) is 6.92. The minimum atomic E-state index is -0.0779. The Balaban J connectivity index is 1.93. The molecule has 1 atom stereocenters. The van der Waals surface area contributed by atoms with Crippen molar-refractivity contribution in [1.29, 1.82) is 0 Å². The van der Waals surface area contributed by atoms with Crippen molar-refractivity contribution < 1.29 is 14.1 Å². The maximum atomic E-state index is 11.0. The van der Waals surface area contributed by atoms with E-state index in [0.29, 0.717) is 11.7 Å². The lowest BCUT2D eigenvalue weighted by molar-refractivity contribution is -0.119. The summed E-state index contributed by atoms with van der Waals surface area (Å²) in [5.74, 6) is 1.77. The van der Waals surface area contributed by atoms with E-state index in [9.17, 15) is 4.79 Å². The fraction of sp³-hybridized carbons (Fsp3) is 0.400. The van der Waals surface area contributed by atoms with E-state index in [0.717, 1.165) is 42.7 Å². The van der Waals surface area contributed by atoms with Gasteiger partial charge < -0.3 is 14.2 Å². The van der Waals surface area contributed by atoms with E-state index in [1.165, 1.54) is 0 Å². The molecule has 0 saturated carbocycles. The topological polar surface area (TPSA) is 68.5 Å². The number of methoxy groups -OCH3 is 1. The van der Waals surface area contributed by atoms with Crippen LogP contribution in [0.15, 0.2) is 22.7 Å². The third kappa shape index (κ3) is 2.49. The lowest BCUT2D eigenvalue weighted by atomic mass is 10.1. The van der Waals surface area contributed by atoms with Gasteiger partial charge in [0.25, 0.3) is 5.89 Å². The Bertz CT molecular complexity index is 653. The smallest absolute Gasteiger partial charge is 0.258 e. The molecule has 1 aliphatic heterocycles. The Morgan fingerprint density at radius 3 is 3.10 bits per heavy atom. The van der Waals surface area contributed by atoms with Crippen LogP contribution in [0.25, 0.3) is 11.5 Å². The summed E-state index contributed by atoms with van der Waals surface area (Å²) in [4.78, 5) is 17.2. The molecule has 1 aromatic heterocycles. The van der Waals surface area contributed by atoms with Crippen molar-refractivity contribution in [3.05, 3.63) is 29.6 Å². The number of aromatic nitrogens is 2. The number of aryl methyl sites for hydroxylation is 1. The second-order valence-corrected chi connectivity index (χ2v) is 5.14. The number of nitrogens with zero attached hydrogens (tertiary/aromatic N) is 3. The van der Waals surface area contributed by atoms with Gasteiger partial charge in [0.05, 0.1) is 13.2 Å². The first-order chi connectivity index (χ1) is 10.2. The van der Waals surface area contributed by atoms with Crippen molar-refractivity contribution >= 4 is 6.41 Å². The van der Waals surface area contributed by atoms with E-state index < -0.39 is 0 Å². The van der Waals surface area contributed by atoms with Crippen molar-refractivity contribution in [3.8, 4) is 17.2 Å². The number of hydrogen-bond acceptors (Lipinski definition) is 5. The Kier molecular flexibility index (Phi) is 3.60. The van der Waals surface area contributed by atoms with Gasteiger partial charge in [-0.15, -0.1) is 0 Å². The van der Waals surface area contributed by atoms with E-state index in [1.54, 1.807) is 12.0 Å². The minimum Gasteiger partial charge on any atom is -0.497 e.